The fourth-order valence-corrected chi connectivity index (χ4v) is 2.10. The number of nitrogens with one attached hydrogen (secondary N) is 1. The highest BCUT2D eigenvalue weighted by molar-refractivity contribution is 5.19. The molecule has 0 amide bonds. The molecule has 1 atom stereocenters. The van der Waals surface area contributed by atoms with Crippen LogP contribution in [0.3, 0.4) is 0 Å². The van der Waals surface area contributed by atoms with Gasteiger partial charge in [-0.2, -0.15) is 4.80 Å². The summed E-state index contributed by atoms with van der Waals surface area (Å²) in [7, 11) is 0. The molecule has 1 aliphatic rings. The summed E-state index contributed by atoms with van der Waals surface area (Å²) in [5, 5.41) is 15.7. The lowest BCUT2D eigenvalue weighted by molar-refractivity contribution is 0.422. The predicted octanol–water partition coefficient (Wildman–Crippen LogP) is 0.937. The van der Waals surface area contributed by atoms with Crippen molar-refractivity contribution in [3.63, 3.8) is 0 Å². The number of nitrogens with zero attached hydrogens (tertiary/aromatic N) is 4. The molecular formula is C12H14FN5. The van der Waals surface area contributed by atoms with E-state index in [1.54, 1.807) is 16.9 Å². The number of rotatable bonds is 3. The normalized spacial score (nSPS) is 19.3. The monoisotopic (exact) mass is 247 g/mol. The molecule has 5 nitrogen and oxygen atoms in total. The highest BCUT2D eigenvalue weighted by Gasteiger charge is 2.19. The molecule has 18 heavy (non-hydrogen) atoms. The van der Waals surface area contributed by atoms with Gasteiger partial charge in [-0.1, -0.05) is 12.1 Å². The summed E-state index contributed by atoms with van der Waals surface area (Å²) >= 11 is 0. The Morgan fingerprint density at radius 3 is 2.89 bits per heavy atom. The second-order valence-corrected chi connectivity index (χ2v) is 4.48. The van der Waals surface area contributed by atoms with Crippen molar-refractivity contribution in [2.45, 2.75) is 18.9 Å². The van der Waals surface area contributed by atoms with E-state index in [1.807, 2.05) is 0 Å². The first kappa shape index (κ1) is 11.3. The summed E-state index contributed by atoms with van der Waals surface area (Å²) in [6, 6.07) is 6.68. The van der Waals surface area contributed by atoms with Crippen LogP contribution in [-0.2, 0) is 6.42 Å². The lowest BCUT2D eigenvalue weighted by Crippen LogP contribution is -2.16. The fourth-order valence-electron chi connectivity index (χ4n) is 2.10. The fraction of sp³-hybridized carbons (Fsp3) is 0.417. The molecule has 1 fully saturated rings. The third-order valence-corrected chi connectivity index (χ3v) is 3.11. The maximum absolute atomic E-state index is 12.8. The molecule has 1 saturated heterocycles. The number of tetrazole rings is 1. The first-order valence-corrected chi connectivity index (χ1v) is 6.05. The number of hydrogen-bond donors (Lipinski definition) is 1. The Morgan fingerprint density at radius 2 is 2.17 bits per heavy atom. The van der Waals surface area contributed by atoms with Gasteiger partial charge in [0.05, 0.1) is 6.04 Å². The number of hydrogen-bond acceptors (Lipinski definition) is 4. The van der Waals surface area contributed by atoms with Gasteiger partial charge in [0.15, 0.2) is 5.82 Å². The molecule has 3 rings (SSSR count). The van der Waals surface area contributed by atoms with Crippen molar-refractivity contribution in [3.8, 4) is 0 Å². The maximum Gasteiger partial charge on any atom is 0.179 e. The predicted molar refractivity (Wildman–Crippen MR) is 63.5 cm³/mol. The van der Waals surface area contributed by atoms with E-state index in [0.29, 0.717) is 18.3 Å². The van der Waals surface area contributed by atoms with Crippen LogP contribution in [0.4, 0.5) is 4.39 Å². The first-order chi connectivity index (χ1) is 8.81. The molecule has 0 spiro atoms. The van der Waals surface area contributed by atoms with Crippen molar-refractivity contribution >= 4 is 0 Å². The van der Waals surface area contributed by atoms with Crippen LogP contribution < -0.4 is 5.32 Å². The third kappa shape index (κ3) is 2.38. The van der Waals surface area contributed by atoms with Gasteiger partial charge in [-0.15, -0.1) is 10.2 Å². The van der Waals surface area contributed by atoms with E-state index in [0.717, 1.165) is 25.1 Å². The van der Waals surface area contributed by atoms with Gasteiger partial charge in [0.25, 0.3) is 0 Å². The second-order valence-electron chi connectivity index (χ2n) is 4.48. The lowest BCUT2D eigenvalue weighted by Gasteiger charge is -2.04. The molecule has 1 N–H and O–H groups in total. The van der Waals surface area contributed by atoms with Crippen LogP contribution in [0.25, 0.3) is 0 Å². The van der Waals surface area contributed by atoms with Crippen LogP contribution in [0.2, 0.25) is 0 Å². The van der Waals surface area contributed by atoms with Gasteiger partial charge >= 0.3 is 0 Å². The quantitative estimate of drug-likeness (QED) is 0.877. The van der Waals surface area contributed by atoms with Crippen LogP contribution in [0.15, 0.2) is 24.3 Å². The van der Waals surface area contributed by atoms with Crippen molar-refractivity contribution in [2.24, 2.45) is 0 Å². The molecule has 0 saturated carbocycles. The number of aromatic nitrogens is 4. The Balaban J connectivity index is 1.71. The van der Waals surface area contributed by atoms with Crippen LogP contribution in [0.1, 0.15) is 23.9 Å². The van der Waals surface area contributed by atoms with E-state index in [-0.39, 0.29) is 5.82 Å². The minimum atomic E-state index is -0.229. The Hall–Kier alpha value is -1.82. The Labute approximate surface area is 104 Å². The molecule has 2 heterocycles. The molecule has 0 bridgehead atoms. The van der Waals surface area contributed by atoms with Gasteiger partial charge < -0.3 is 5.32 Å². The summed E-state index contributed by atoms with van der Waals surface area (Å²) in [4.78, 5) is 1.68. The van der Waals surface area contributed by atoms with Gasteiger partial charge in [-0.3, -0.25) is 0 Å². The number of halogens is 1. The highest BCUT2D eigenvalue weighted by Crippen LogP contribution is 2.12. The summed E-state index contributed by atoms with van der Waals surface area (Å²) < 4.78 is 12.8. The highest BCUT2D eigenvalue weighted by atomic mass is 19.1. The zero-order valence-corrected chi connectivity index (χ0v) is 9.88. The number of benzene rings is 1. The maximum atomic E-state index is 12.8. The minimum absolute atomic E-state index is 0.229. The third-order valence-electron chi connectivity index (χ3n) is 3.11. The average molecular weight is 247 g/mol. The van der Waals surface area contributed by atoms with Crippen LogP contribution >= 0.6 is 0 Å². The summed E-state index contributed by atoms with van der Waals surface area (Å²) in [6.45, 7) is 1.89. The zero-order chi connectivity index (χ0) is 12.4. The molecule has 94 valence electrons. The van der Waals surface area contributed by atoms with E-state index in [1.165, 1.54) is 12.1 Å². The van der Waals surface area contributed by atoms with Crippen LogP contribution in [0, 0.1) is 5.82 Å². The molecule has 6 heteroatoms. The summed E-state index contributed by atoms with van der Waals surface area (Å²) in [6.07, 6.45) is 1.62. The smallest absolute Gasteiger partial charge is 0.179 e. The first-order valence-electron chi connectivity index (χ1n) is 6.05. The molecule has 0 radical (unpaired) electrons. The molecule has 0 aliphatic carbocycles. The standard InChI is InChI=1S/C12H14FN5/c13-10-3-1-9(2-4-10)7-12-15-17-18(16-12)11-5-6-14-8-11/h1-4,11,14H,5-8H2. The van der Waals surface area contributed by atoms with Gasteiger partial charge in [0.1, 0.15) is 5.82 Å². The van der Waals surface area contributed by atoms with Crippen molar-refractivity contribution in [1.29, 1.82) is 0 Å². The average Bonchev–Trinajstić information content (AvgIpc) is 3.02. The van der Waals surface area contributed by atoms with Gasteiger partial charge in [0.2, 0.25) is 0 Å². The Morgan fingerprint density at radius 1 is 1.33 bits per heavy atom. The Kier molecular flexibility index (Phi) is 3.02. The lowest BCUT2D eigenvalue weighted by atomic mass is 10.1. The van der Waals surface area contributed by atoms with Crippen LogP contribution in [-0.4, -0.2) is 33.3 Å². The topological polar surface area (TPSA) is 55.6 Å². The van der Waals surface area contributed by atoms with E-state index < -0.39 is 0 Å². The van der Waals surface area contributed by atoms with Crippen molar-refractivity contribution in [2.75, 3.05) is 13.1 Å². The molecule has 1 unspecified atom stereocenters. The van der Waals surface area contributed by atoms with Crippen LogP contribution in [0.5, 0.6) is 0 Å². The molecular weight excluding hydrogens is 233 g/mol. The Bertz CT molecular complexity index is 516. The SMILES string of the molecule is Fc1ccc(Cc2nnn(C3CCNC3)n2)cc1. The van der Waals surface area contributed by atoms with E-state index >= 15 is 0 Å². The van der Waals surface area contributed by atoms with Crippen molar-refractivity contribution < 1.29 is 4.39 Å². The summed E-state index contributed by atoms with van der Waals surface area (Å²) in [5.74, 6) is 0.445. The van der Waals surface area contributed by atoms with Gasteiger partial charge in [-0.05, 0) is 35.9 Å². The largest absolute Gasteiger partial charge is 0.314 e. The van der Waals surface area contributed by atoms with E-state index in [9.17, 15) is 4.39 Å². The molecule has 1 aliphatic heterocycles. The van der Waals surface area contributed by atoms with Crippen molar-refractivity contribution in [3.05, 3.63) is 41.5 Å². The van der Waals surface area contributed by atoms with E-state index in [4.69, 9.17) is 0 Å². The molecule has 1 aromatic heterocycles. The molecule has 1 aromatic carbocycles. The van der Waals surface area contributed by atoms with Crippen molar-refractivity contribution in [1.82, 2.24) is 25.5 Å². The van der Waals surface area contributed by atoms with E-state index in [2.05, 4.69) is 20.7 Å². The second kappa shape index (κ2) is 4.81. The minimum Gasteiger partial charge on any atom is -0.314 e. The van der Waals surface area contributed by atoms with Gasteiger partial charge in [0, 0.05) is 13.0 Å². The zero-order valence-electron chi connectivity index (χ0n) is 9.88. The van der Waals surface area contributed by atoms with Gasteiger partial charge in [-0.25, -0.2) is 4.39 Å². The molecule has 2 aromatic rings. The summed E-state index contributed by atoms with van der Waals surface area (Å²) in [5.41, 5.74) is 0.987.